The van der Waals surface area contributed by atoms with Gasteiger partial charge in [-0.2, -0.15) is 13.2 Å². The Morgan fingerprint density at radius 3 is 2.10 bits per heavy atom. The number of rotatable bonds is 8. The third kappa shape index (κ3) is 6.04. The highest BCUT2D eigenvalue weighted by Gasteiger charge is 2.31. The van der Waals surface area contributed by atoms with E-state index in [9.17, 15) is 36.3 Å². The van der Waals surface area contributed by atoms with Gasteiger partial charge in [-0.05, 0) is 36.2 Å². The Morgan fingerprint density at radius 2 is 1.60 bits per heavy atom. The number of halogens is 3. The average molecular weight is 444 g/mol. The fraction of sp³-hybridized carbons (Fsp3) is 0.263. The van der Waals surface area contributed by atoms with Crippen LogP contribution in [-0.4, -0.2) is 37.1 Å². The molecule has 0 bridgehead atoms. The molecule has 162 valence electrons. The van der Waals surface area contributed by atoms with E-state index >= 15 is 0 Å². The number of nitrogens with two attached hydrogens (primary N) is 1. The number of aliphatic hydroxyl groups is 1. The zero-order valence-corrected chi connectivity index (χ0v) is 16.3. The summed E-state index contributed by atoms with van der Waals surface area (Å²) < 4.78 is 62.4. The Balaban J connectivity index is 2.05. The Morgan fingerprint density at radius 1 is 1.03 bits per heavy atom. The van der Waals surface area contributed by atoms with Gasteiger partial charge < -0.3 is 16.2 Å². The van der Waals surface area contributed by atoms with Crippen LogP contribution in [0.25, 0.3) is 0 Å². The van der Waals surface area contributed by atoms with Crippen molar-refractivity contribution in [2.24, 2.45) is 5.73 Å². The average Bonchev–Trinajstić information content (AvgIpc) is 2.70. The maximum atomic E-state index is 12.6. The van der Waals surface area contributed by atoms with E-state index in [2.05, 4.69) is 5.32 Å². The Bertz CT molecular complexity index is 993. The molecule has 0 aliphatic heterocycles. The highest BCUT2D eigenvalue weighted by atomic mass is 32.2. The van der Waals surface area contributed by atoms with Crippen LogP contribution in [0, 0.1) is 0 Å². The minimum absolute atomic E-state index is 0.0318. The summed E-state index contributed by atoms with van der Waals surface area (Å²) in [5, 5.41) is 12.2. The Labute approximate surface area is 170 Å². The van der Waals surface area contributed by atoms with E-state index in [-0.39, 0.29) is 16.9 Å². The predicted molar refractivity (Wildman–Crippen MR) is 101 cm³/mol. The van der Waals surface area contributed by atoms with Crippen molar-refractivity contribution in [1.29, 1.82) is 0 Å². The largest absolute Gasteiger partial charge is 0.416 e. The van der Waals surface area contributed by atoms with Crippen LogP contribution in [0.5, 0.6) is 0 Å². The molecular formula is C19H19F3N2O5S. The van der Waals surface area contributed by atoms with Crippen molar-refractivity contribution < 1.29 is 36.3 Å². The summed E-state index contributed by atoms with van der Waals surface area (Å²) in [7, 11) is -3.74. The van der Waals surface area contributed by atoms with Gasteiger partial charge in [-0.25, -0.2) is 8.42 Å². The lowest BCUT2D eigenvalue weighted by Crippen LogP contribution is -2.47. The summed E-state index contributed by atoms with van der Waals surface area (Å²) in [6.45, 7) is 0. The van der Waals surface area contributed by atoms with Gasteiger partial charge in [0.15, 0.2) is 15.9 Å². The SMILES string of the molecule is NC(=O)[C@H](CCS(=O)(=O)c1ccccc1)NC(=O)[C@@H](O)c1ccc(C(F)(F)F)cc1. The summed E-state index contributed by atoms with van der Waals surface area (Å²) >= 11 is 0. The van der Waals surface area contributed by atoms with Gasteiger partial charge in [0, 0.05) is 0 Å². The molecule has 0 saturated carbocycles. The van der Waals surface area contributed by atoms with E-state index in [0.717, 1.165) is 12.1 Å². The van der Waals surface area contributed by atoms with Crippen LogP contribution in [0.1, 0.15) is 23.7 Å². The van der Waals surface area contributed by atoms with Gasteiger partial charge in [0.05, 0.1) is 16.2 Å². The molecule has 2 rings (SSSR count). The second-order valence-corrected chi connectivity index (χ2v) is 8.52. The number of alkyl halides is 3. The second kappa shape index (κ2) is 9.26. The first-order valence-corrected chi connectivity index (χ1v) is 10.3. The minimum atomic E-state index is -4.58. The lowest BCUT2D eigenvalue weighted by Gasteiger charge is -2.18. The normalized spacial score (nSPS) is 14.0. The molecule has 0 aromatic heterocycles. The molecule has 7 nitrogen and oxygen atoms in total. The molecule has 2 atom stereocenters. The first-order valence-electron chi connectivity index (χ1n) is 8.64. The van der Waals surface area contributed by atoms with E-state index < -0.39 is 51.3 Å². The van der Waals surface area contributed by atoms with E-state index in [4.69, 9.17) is 5.73 Å². The number of hydrogen-bond donors (Lipinski definition) is 3. The first kappa shape index (κ1) is 23.4. The molecule has 0 spiro atoms. The summed E-state index contributed by atoms with van der Waals surface area (Å²) in [4.78, 5) is 23.8. The van der Waals surface area contributed by atoms with Crippen molar-refractivity contribution in [3.8, 4) is 0 Å². The Hall–Kier alpha value is -2.92. The highest BCUT2D eigenvalue weighted by molar-refractivity contribution is 7.91. The van der Waals surface area contributed by atoms with Crippen LogP contribution in [-0.2, 0) is 25.6 Å². The molecule has 11 heteroatoms. The minimum Gasteiger partial charge on any atom is -0.378 e. The maximum absolute atomic E-state index is 12.6. The van der Waals surface area contributed by atoms with Crippen molar-refractivity contribution >= 4 is 21.7 Å². The number of sulfone groups is 1. The molecule has 2 aromatic rings. The number of hydrogen-bond acceptors (Lipinski definition) is 5. The lowest BCUT2D eigenvalue weighted by atomic mass is 10.1. The molecular weight excluding hydrogens is 425 g/mol. The third-order valence-corrected chi connectivity index (χ3v) is 6.00. The standard InChI is InChI=1S/C19H19F3N2O5S/c20-19(21,22)13-8-6-12(7-9-13)16(25)18(27)24-15(17(23)26)10-11-30(28,29)14-4-2-1-3-5-14/h1-9,15-16,25H,10-11H2,(H2,23,26)(H,24,27)/t15-,16-/m0/s1. The van der Waals surface area contributed by atoms with E-state index in [1.165, 1.54) is 24.3 Å². The number of carbonyl (C=O) groups excluding carboxylic acids is 2. The zero-order valence-electron chi connectivity index (χ0n) is 15.5. The van der Waals surface area contributed by atoms with Crippen molar-refractivity contribution in [2.75, 3.05) is 5.75 Å². The molecule has 0 aliphatic rings. The third-order valence-electron chi connectivity index (χ3n) is 4.24. The fourth-order valence-electron chi connectivity index (χ4n) is 2.56. The summed E-state index contributed by atoms with van der Waals surface area (Å²) in [5.41, 5.74) is 4.11. The van der Waals surface area contributed by atoms with Crippen LogP contribution in [0.4, 0.5) is 13.2 Å². The molecule has 0 heterocycles. The number of aliphatic hydroxyl groups excluding tert-OH is 1. The molecule has 0 saturated heterocycles. The van der Waals surface area contributed by atoms with E-state index in [1.54, 1.807) is 6.07 Å². The van der Waals surface area contributed by atoms with Gasteiger partial charge in [0.2, 0.25) is 5.91 Å². The summed E-state index contributed by atoms with van der Waals surface area (Å²) in [6.07, 6.45) is -6.80. The molecule has 0 fully saturated rings. The highest BCUT2D eigenvalue weighted by Crippen LogP contribution is 2.30. The molecule has 2 amide bonds. The topological polar surface area (TPSA) is 127 Å². The number of benzene rings is 2. The van der Waals surface area contributed by atoms with Crippen LogP contribution < -0.4 is 11.1 Å². The van der Waals surface area contributed by atoms with E-state index in [1.807, 2.05) is 0 Å². The maximum Gasteiger partial charge on any atom is 0.416 e. The molecule has 30 heavy (non-hydrogen) atoms. The van der Waals surface area contributed by atoms with Gasteiger partial charge in [-0.15, -0.1) is 0 Å². The van der Waals surface area contributed by atoms with Crippen LogP contribution in [0.3, 0.4) is 0 Å². The van der Waals surface area contributed by atoms with Crippen molar-refractivity contribution in [1.82, 2.24) is 5.32 Å². The molecule has 2 aromatic carbocycles. The number of amides is 2. The van der Waals surface area contributed by atoms with Crippen LogP contribution in [0.15, 0.2) is 59.5 Å². The second-order valence-electron chi connectivity index (χ2n) is 6.41. The van der Waals surface area contributed by atoms with Crippen molar-refractivity contribution in [3.05, 3.63) is 65.7 Å². The number of carbonyl (C=O) groups is 2. The van der Waals surface area contributed by atoms with Crippen molar-refractivity contribution in [3.63, 3.8) is 0 Å². The van der Waals surface area contributed by atoms with Crippen LogP contribution in [0.2, 0.25) is 0 Å². The van der Waals surface area contributed by atoms with Gasteiger partial charge in [0.1, 0.15) is 6.04 Å². The number of primary amides is 1. The van der Waals surface area contributed by atoms with Crippen molar-refractivity contribution in [2.45, 2.75) is 29.6 Å². The summed E-state index contributed by atoms with van der Waals surface area (Å²) in [5.74, 6) is -2.62. The smallest absolute Gasteiger partial charge is 0.378 e. The van der Waals surface area contributed by atoms with Gasteiger partial charge >= 0.3 is 6.18 Å². The number of nitrogens with one attached hydrogen (secondary N) is 1. The predicted octanol–water partition coefficient (Wildman–Crippen LogP) is 1.57. The van der Waals surface area contributed by atoms with Gasteiger partial charge in [-0.3, -0.25) is 9.59 Å². The lowest BCUT2D eigenvalue weighted by molar-refractivity contribution is -0.137. The van der Waals surface area contributed by atoms with Crippen LogP contribution >= 0.6 is 0 Å². The fourth-order valence-corrected chi connectivity index (χ4v) is 3.91. The molecule has 0 unspecified atom stereocenters. The summed E-state index contributed by atoms with van der Waals surface area (Å²) in [6, 6.07) is 9.28. The van der Waals surface area contributed by atoms with Gasteiger partial charge in [-0.1, -0.05) is 30.3 Å². The van der Waals surface area contributed by atoms with E-state index in [0.29, 0.717) is 12.1 Å². The molecule has 0 radical (unpaired) electrons. The molecule has 0 aliphatic carbocycles. The first-order chi connectivity index (χ1) is 13.9. The van der Waals surface area contributed by atoms with Gasteiger partial charge in [0.25, 0.3) is 5.91 Å². The molecule has 4 N–H and O–H groups in total. The quantitative estimate of drug-likeness (QED) is 0.570. The monoisotopic (exact) mass is 444 g/mol. The Kier molecular flexibility index (Phi) is 7.21. The zero-order chi connectivity index (χ0) is 22.5.